The number of carbonyl (C=O) groups is 1. The third kappa shape index (κ3) is 2.76. The van der Waals surface area contributed by atoms with Crippen LogP contribution in [0.3, 0.4) is 0 Å². The Morgan fingerprint density at radius 3 is 2.84 bits per heavy atom. The molecule has 1 aromatic heterocycles. The molecule has 1 aliphatic heterocycles. The summed E-state index contributed by atoms with van der Waals surface area (Å²) in [6, 6.07) is 1.91. The van der Waals surface area contributed by atoms with E-state index >= 15 is 0 Å². The Morgan fingerprint density at radius 2 is 2.21 bits per heavy atom. The van der Waals surface area contributed by atoms with Gasteiger partial charge in [-0.05, 0) is 30.8 Å². The maximum atomic E-state index is 12.6. The summed E-state index contributed by atoms with van der Waals surface area (Å²) in [5.74, 6) is -0.0915. The third-order valence-electron chi connectivity index (χ3n) is 3.31. The Bertz CT molecular complexity index is 511. The highest BCUT2D eigenvalue weighted by Crippen LogP contribution is 2.28. The first-order chi connectivity index (χ1) is 8.95. The monoisotopic (exact) mass is 278 g/mol. The largest absolute Gasteiger partial charge is 0.322 e. The van der Waals surface area contributed by atoms with Gasteiger partial charge in [0.1, 0.15) is 10.9 Å². The van der Waals surface area contributed by atoms with Crippen molar-refractivity contribution in [3.05, 3.63) is 10.6 Å². The first kappa shape index (κ1) is 13.9. The summed E-state index contributed by atoms with van der Waals surface area (Å²) in [6.07, 6.45) is 2.73. The molecule has 1 aliphatic rings. The van der Waals surface area contributed by atoms with E-state index in [0.717, 1.165) is 36.5 Å². The van der Waals surface area contributed by atoms with Crippen LogP contribution in [0.25, 0.3) is 0 Å². The Hall–Kier alpha value is -1.48. The summed E-state index contributed by atoms with van der Waals surface area (Å²) in [5, 5.41) is 13.3. The van der Waals surface area contributed by atoms with Crippen molar-refractivity contribution in [3.63, 3.8) is 0 Å². The molecule has 0 radical (unpaired) electrons. The molecule has 6 heteroatoms. The molecule has 1 aromatic rings. The number of hydrogen-bond donors (Lipinski definition) is 0. The van der Waals surface area contributed by atoms with Crippen LogP contribution in [-0.2, 0) is 5.41 Å². The molecule has 1 amide bonds. The summed E-state index contributed by atoms with van der Waals surface area (Å²) >= 11 is 1.13. The molecule has 0 saturated carbocycles. The van der Waals surface area contributed by atoms with Crippen molar-refractivity contribution in [1.29, 1.82) is 5.26 Å². The zero-order valence-electron chi connectivity index (χ0n) is 11.5. The molecule has 5 nitrogen and oxygen atoms in total. The molecular weight excluding hydrogens is 260 g/mol. The van der Waals surface area contributed by atoms with Crippen molar-refractivity contribution in [2.75, 3.05) is 6.54 Å². The first-order valence-electron chi connectivity index (χ1n) is 6.48. The van der Waals surface area contributed by atoms with E-state index in [4.69, 9.17) is 5.26 Å². The average molecular weight is 278 g/mol. The van der Waals surface area contributed by atoms with Gasteiger partial charge in [0.05, 0.1) is 11.8 Å². The van der Waals surface area contributed by atoms with Crippen LogP contribution >= 0.6 is 11.5 Å². The van der Waals surface area contributed by atoms with Gasteiger partial charge in [-0.25, -0.2) is 0 Å². The lowest BCUT2D eigenvalue weighted by Gasteiger charge is -2.31. The summed E-state index contributed by atoms with van der Waals surface area (Å²) in [7, 11) is 0. The Labute approximate surface area is 117 Å². The van der Waals surface area contributed by atoms with E-state index in [-0.39, 0.29) is 17.4 Å². The fraction of sp³-hybridized carbons (Fsp3) is 0.692. The lowest BCUT2D eigenvalue weighted by Crippen LogP contribution is -2.43. The van der Waals surface area contributed by atoms with Gasteiger partial charge < -0.3 is 4.90 Å². The summed E-state index contributed by atoms with van der Waals surface area (Å²) in [5.41, 5.74) is 0.514. The molecule has 2 heterocycles. The van der Waals surface area contributed by atoms with Gasteiger partial charge in [-0.1, -0.05) is 25.3 Å². The topological polar surface area (TPSA) is 69.9 Å². The van der Waals surface area contributed by atoms with Gasteiger partial charge in [0.25, 0.3) is 5.91 Å². The predicted octanol–water partition coefficient (Wildman–Crippen LogP) is 2.35. The summed E-state index contributed by atoms with van der Waals surface area (Å²) < 4.78 is 3.92. The van der Waals surface area contributed by atoms with Crippen LogP contribution in [0, 0.1) is 11.3 Å². The van der Waals surface area contributed by atoms with Crippen LogP contribution < -0.4 is 0 Å². The highest BCUT2D eigenvalue weighted by atomic mass is 32.1. The van der Waals surface area contributed by atoms with Crippen LogP contribution in [0.5, 0.6) is 0 Å². The van der Waals surface area contributed by atoms with Crippen LogP contribution in [-0.4, -0.2) is 33.0 Å². The molecule has 2 rings (SSSR count). The number of nitriles is 1. The van der Waals surface area contributed by atoms with Gasteiger partial charge in [0, 0.05) is 12.0 Å². The molecule has 102 valence electrons. The number of carbonyl (C=O) groups excluding carboxylic acids is 1. The molecule has 1 unspecified atom stereocenters. The molecule has 0 aromatic carbocycles. The Morgan fingerprint density at radius 1 is 1.47 bits per heavy atom. The fourth-order valence-electron chi connectivity index (χ4n) is 2.26. The number of aromatic nitrogens is 2. The van der Waals surface area contributed by atoms with E-state index < -0.39 is 0 Å². The molecular formula is C13H18N4OS. The van der Waals surface area contributed by atoms with Crippen LogP contribution in [0.4, 0.5) is 0 Å². The quantitative estimate of drug-likeness (QED) is 0.790. The smallest absolute Gasteiger partial charge is 0.268 e. The van der Waals surface area contributed by atoms with E-state index in [1.165, 1.54) is 0 Å². The Balaban J connectivity index is 2.30. The second kappa shape index (κ2) is 5.25. The minimum absolute atomic E-state index is 0.0915. The predicted molar refractivity (Wildman–Crippen MR) is 72.9 cm³/mol. The van der Waals surface area contributed by atoms with E-state index in [0.29, 0.717) is 11.4 Å². The van der Waals surface area contributed by atoms with E-state index in [2.05, 4.69) is 15.7 Å². The zero-order chi connectivity index (χ0) is 14.0. The molecule has 0 spiro atoms. The lowest BCUT2D eigenvalue weighted by molar-refractivity contribution is 0.0673. The van der Waals surface area contributed by atoms with Gasteiger partial charge in [0.15, 0.2) is 0 Å². The molecule has 0 aliphatic carbocycles. The summed E-state index contributed by atoms with van der Waals surface area (Å²) in [6.45, 7) is 6.69. The molecule has 1 saturated heterocycles. The maximum Gasteiger partial charge on any atom is 0.268 e. The molecule has 19 heavy (non-hydrogen) atoms. The summed E-state index contributed by atoms with van der Waals surface area (Å²) in [4.78, 5) is 14.9. The molecule has 0 N–H and O–H groups in total. The van der Waals surface area contributed by atoms with Crippen molar-refractivity contribution < 1.29 is 4.79 Å². The minimum atomic E-state index is -0.309. The average Bonchev–Trinajstić information content (AvgIpc) is 2.87. The molecule has 1 fully saturated rings. The van der Waals surface area contributed by atoms with Gasteiger partial charge in [0.2, 0.25) is 0 Å². The van der Waals surface area contributed by atoms with Crippen LogP contribution in [0.2, 0.25) is 0 Å². The highest BCUT2D eigenvalue weighted by molar-refractivity contribution is 7.08. The van der Waals surface area contributed by atoms with Gasteiger partial charge in [-0.2, -0.15) is 5.26 Å². The second-order valence-electron chi connectivity index (χ2n) is 5.84. The molecule has 1 atom stereocenters. The van der Waals surface area contributed by atoms with Crippen molar-refractivity contribution in [2.24, 2.45) is 0 Å². The van der Waals surface area contributed by atoms with Crippen molar-refractivity contribution in [3.8, 4) is 6.07 Å². The fourth-order valence-corrected chi connectivity index (χ4v) is 3.09. The standard InChI is InChI=1S/C13H18N4OS/c1-13(2,3)11-10(19-16-15-11)12(18)17-7-5-4-6-9(17)8-14/h9H,4-7H2,1-3H3. The van der Waals surface area contributed by atoms with Gasteiger partial charge >= 0.3 is 0 Å². The number of nitrogens with zero attached hydrogens (tertiary/aromatic N) is 4. The third-order valence-corrected chi connectivity index (χ3v) is 4.02. The minimum Gasteiger partial charge on any atom is -0.322 e. The van der Waals surface area contributed by atoms with Crippen LogP contribution in [0.15, 0.2) is 0 Å². The number of amides is 1. The normalized spacial score (nSPS) is 20.1. The number of rotatable bonds is 1. The van der Waals surface area contributed by atoms with Crippen molar-refractivity contribution >= 4 is 17.4 Å². The number of piperidine rings is 1. The van der Waals surface area contributed by atoms with Gasteiger partial charge in [-0.3, -0.25) is 4.79 Å². The van der Waals surface area contributed by atoms with Crippen molar-refractivity contribution in [2.45, 2.75) is 51.5 Å². The highest BCUT2D eigenvalue weighted by Gasteiger charge is 2.33. The lowest BCUT2D eigenvalue weighted by atomic mass is 9.91. The van der Waals surface area contributed by atoms with E-state index in [1.807, 2.05) is 20.8 Å². The van der Waals surface area contributed by atoms with Crippen LogP contribution in [0.1, 0.15) is 55.4 Å². The van der Waals surface area contributed by atoms with E-state index in [1.54, 1.807) is 4.90 Å². The van der Waals surface area contributed by atoms with E-state index in [9.17, 15) is 4.79 Å². The number of likely N-dealkylation sites (tertiary alicyclic amines) is 1. The first-order valence-corrected chi connectivity index (χ1v) is 7.26. The van der Waals surface area contributed by atoms with Crippen molar-refractivity contribution in [1.82, 2.24) is 14.5 Å². The van der Waals surface area contributed by atoms with Gasteiger partial charge in [-0.15, -0.1) is 5.10 Å². The zero-order valence-corrected chi connectivity index (χ0v) is 12.3. The molecule has 0 bridgehead atoms. The Kier molecular flexibility index (Phi) is 3.85. The maximum absolute atomic E-state index is 12.6. The number of hydrogen-bond acceptors (Lipinski definition) is 5. The SMILES string of the molecule is CC(C)(C)c1nnsc1C(=O)N1CCCCC1C#N. The second-order valence-corrected chi connectivity index (χ2v) is 6.59.